The molecule has 4 rings (SSSR count). The smallest absolute Gasteiger partial charge is 0.119 e. The van der Waals surface area contributed by atoms with Crippen molar-refractivity contribution in [2.45, 2.75) is 76.4 Å². The molecule has 2 aromatic rings. The maximum Gasteiger partial charge on any atom is 0.119 e. The van der Waals surface area contributed by atoms with Crippen LogP contribution < -0.4 is 18.9 Å². The average Bonchev–Trinajstić information content (AvgIpc) is 3.83. The summed E-state index contributed by atoms with van der Waals surface area (Å²) in [5.74, 6) is 3.58. The van der Waals surface area contributed by atoms with Crippen LogP contribution in [0.25, 0.3) is 0 Å². The molecule has 2 atom stereocenters. The Morgan fingerprint density at radius 2 is 0.722 bits per heavy atom. The fourth-order valence-electron chi connectivity index (χ4n) is 3.97. The number of rotatable bonds is 21. The topological polar surface area (TPSA) is 62.0 Å². The van der Waals surface area contributed by atoms with Gasteiger partial charge in [0.25, 0.3) is 0 Å². The van der Waals surface area contributed by atoms with Gasteiger partial charge in [-0.25, -0.2) is 0 Å². The first-order valence-electron chi connectivity index (χ1n) is 13.8. The summed E-state index contributed by atoms with van der Waals surface area (Å²) >= 11 is 0. The highest BCUT2D eigenvalue weighted by Crippen LogP contribution is 2.21. The lowest BCUT2D eigenvalue weighted by Gasteiger charge is -2.08. The minimum atomic E-state index is 0.287. The number of ether oxygens (including phenoxy) is 6. The Labute approximate surface area is 216 Å². The van der Waals surface area contributed by atoms with Gasteiger partial charge in [0.05, 0.1) is 26.4 Å². The van der Waals surface area contributed by atoms with Crippen molar-refractivity contribution in [3.8, 4) is 23.0 Å². The van der Waals surface area contributed by atoms with Gasteiger partial charge in [0.15, 0.2) is 0 Å². The standard InChI is InChI=1S/C30H42O6/c1(3-5-7-9-19-31-25-11-15-27(16-12-25)33-21-29-23-35-29)2-4-6-8-10-20-32-26-13-17-28(18-14-26)34-22-30-24-36-30/h11-18,29-30H,1-10,19-24H2. The van der Waals surface area contributed by atoms with Crippen LogP contribution in [0.1, 0.15) is 64.2 Å². The van der Waals surface area contributed by atoms with Crippen molar-refractivity contribution >= 4 is 0 Å². The number of hydrogen-bond acceptors (Lipinski definition) is 6. The zero-order valence-electron chi connectivity index (χ0n) is 21.5. The van der Waals surface area contributed by atoms with Crippen molar-refractivity contribution in [3.05, 3.63) is 48.5 Å². The lowest BCUT2D eigenvalue weighted by atomic mass is 10.1. The summed E-state index contributed by atoms with van der Waals surface area (Å²) in [5.41, 5.74) is 0. The molecule has 36 heavy (non-hydrogen) atoms. The van der Waals surface area contributed by atoms with Gasteiger partial charge in [-0.15, -0.1) is 0 Å². The average molecular weight is 499 g/mol. The van der Waals surface area contributed by atoms with Crippen LogP contribution in [0.2, 0.25) is 0 Å². The third kappa shape index (κ3) is 11.5. The van der Waals surface area contributed by atoms with E-state index in [0.717, 1.165) is 62.3 Å². The zero-order valence-corrected chi connectivity index (χ0v) is 21.5. The summed E-state index contributed by atoms with van der Waals surface area (Å²) < 4.78 is 33.3. The van der Waals surface area contributed by atoms with Crippen molar-refractivity contribution in [1.82, 2.24) is 0 Å². The zero-order chi connectivity index (χ0) is 24.7. The third-order valence-electron chi connectivity index (χ3n) is 6.40. The van der Waals surface area contributed by atoms with Gasteiger partial charge in [-0.1, -0.05) is 51.4 Å². The van der Waals surface area contributed by atoms with Gasteiger partial charge >= 0.3 is 0 Å². The Kier molecular flexibility index (Phi) is 11.6. The van der Waals surface area contributed by atoms with Gasteiger partial charge in [-0.2, -0.15) is 0 Å². The molecule has 2 unspecified atom stereocenters. The fourth-order valence-corrected chi connectivity index (χ4v) is 3.97. The van der Waals surface area contributed by atoms with Crippen LogP contribution in [0.5, 0.6) is 23.0 Å². The van der Waals surface area contributed by atoms with Gasteiger partial charge in [0.1, 0.15) is 48.4 Å². The van der Waals surface area contributed by atoms with E-state index in [1.807, 2.05) is 48.5 Å². The first kappa shape index (κ1) is 26.6. The maximum atomic E-state index is 5.84. The predicted molar refractivity (Wildman–Crippen MR) is 141 cm³/mol. The molecule has 0 radical (unpaired) electrons. The lowest BCUT2D eigenvalue weighted by molar-refractivity contribution is 0.262. The minimum absolute atomic E-state index is 0.287. The second-order valence-electron chi connectivity index (χ2n) is 9.71. The molecular weight excluding hydrogens is 456 g/mol. The van der Waals surface area contributed by atoms with Gasteiger partial charge in [-0.3, -0.25) is 0 Å². The van der Waals surface area contributed by atoms with Crippen LogP contribution in [0.3, 0.4) is 0 Å². The van der Waals surface area contributed by atoms with E-state index < -0.39 is 0 Å². The summed E-state index contributed by atoms with van der Waals surface area (Å²) in [7, 11) is 0. The Morgan fingerprint density at radius 3 is 1.03 bits per heavy atom. The van der Waals surface area contributed by atoms with E-state index in [-0.39, 0.29) is 12.2 Å². The van der Waals surface area contributed by atoms with Crippen molar-refractivity contribution in [2.24, 2.45) is 0 Å². The van der Waals surface area contributed by atoms with Gasteiger partial charge in [0.2, 0.25) is 0 Å². The van der Waals surface area contributed by atoms with Crippen LogP contribution in [-0.2, 0) is 9.47 Å². The highest BCUT2D eigenvalue weighted by Gasteiger charge is 2.23. The minimum Gasteiger partial charge on any atom is -0.494 e. The van der Waals surface area contributed by atoms with Crippen molar-refractivity contribution in [1.29, 1.82) is 0 Å². The molecule has 0 aromatic heterocycles. The second kappa shape index (κ2) is 15.6. The van der Waals surface area contributed by atoms with E-state index in [1.54, 1.807) is 0 Å². The molecule has 2 aliphatic heterocycles. The molecule has 0 amide bonds. The quantitative estimate of drug-likeness (QED) is 0.143. The van der Waals surface area contributed by atoms with Gasteiger partial charge < -0.3 is 28.4 Å². The highest BCUT2D eigenvalue weighted by atomic mass is 16.6. The molecule has 2 aromatic carbocycles. The van der Waals surface area contributed by atoms with E-state index in [0.29, 0.717) is 13.2 Å². The molecule has 2 fully saturated rings. The highest BCUT2D eigenvalue weighted by molar-refractivity contribution is 5.32. The molecule has 0 saturated carbocycles. The molecule has 2 saturated heterocycles. The number of hydrogen-bond donors (Lipinski definition) is 0. The van der Waals surface area contributed by atoms with E-state index in [4.69, 9.17) is 28.4 Å². The van der Waals surface area contributed by atoms with Crippen molar-refractivity contribution in [3.63, 3.8) is 0 Å². The Bertz CT molecular complexity index is 758. The number of unbranched alkanes of at least 4 members (excludes halogenated alkanes) is 9. The largest absolute Gasteiger partial charge is 0.494 e. The molecule has 6 heteroatoms. The molecule has 6 nitrogen and oxygen atoms in total. The second-order valence-corrected chi connectivity index (χ2v) is 9.71. The van der Waals surface area contributed by atoms with Gasteiger partial charge in [0, 0.05) is 0 Å². The molecule has 0 bridgehead atoms. The lowest BCUT2D eigenvalue weighted by Crippen LogP contribution is -2.04. The molecule has 0 N–H and O–H groups in total. The van der Waals surface area contributed by atoms with Crippen LogP contribution in [0.15, 0.2) is 48.5 Å². The van der Waals surface area contributed by atoms with E-state index in [1.165, 1.54) is 51.4 Å². The molecule has 2 heterocycles. The SMILES string of the molecule is c1cc(OCC2CO2)ccc1OCCCCCCCCCCCCOc1ccc(OCC2CO2)cc1. The normalized spacial score (nSPS) is 18.0. The monoisotopic (exact) mass is 498 g/mol. The molecule has 0 aliphatic carbocycles. The van der Waals surface area contributed by atoms with Crippen LogP contribution in [-0.4, -0.2) is 51.8 Å². The van der Waals surface area contributed by atoms with E-state index in [2.05, 4.69) is 0 Å². The first-order valence-corrected chi connectivity index (χ1v) is 13.8. The summed E-state index contributed by atoms with van der Waals surface area (Å²) in [6, 6.07) is 15.8. The van der Waals surface area contributed by atoms with Crippen molar-refractivity contribution in [2.75, 3.05) is 39.6 Å². The maximum absolute atomic E-state index is 5.84. The Hall–Kier alpha value is -2.44. The fraction of sp³-hybridized carbons (Fsp3) is 0.600. The van der Waals surface area contributed by atoms with Crippen LogP contribution in [0.4, 0.5) is 0 Å². The summed E-state index contributed by atoms with van der Waals surface area (Å²) in [6.07, 6.45) is 13.2. The van der Waals surface area contributed by atoms with Crippen molar-refractivity contribution < 1.29 is 28.4 Å². The third-order valence-corrected chi connectivity index (χ3v) is 6.40. The first-order chi connectivity index (χ1) is 17.8. The number of benzene rings is 2. The van der Waals surface area contributed by atoms with Crippen LogP contribution in [0, 0.1) is 0 Å². The summed E-state index contributed by atoms with van der Waals surface area (Å²) in [4.78, 5) is 0. The molecule has 2 aliphatic rings. The van der Waals surface area contributed by atoms with E-state index >= 15 is 0 Å². The molecule has 198 valence electrons. The van der Waals surface area contributed by atoms with E-state index in [9.17, 15) is 0 Å². The van der Waals surface area contributed by atoms with Crippen LogP contribution >= 0.6 is 0 Å². The van der Waals surface area contributed by atoms with Gasteiger partial charge in [-0.05, 0) is 61.4 Å². The Balaban J connectivity index is 0.882. The molecule has 0 spiro atoms. The summed E-state index contributed by atoms with van der Waals surface area (Å²) in [5, 5.41) is 0. The number of epoxide rings is 2. The summed E-state index contributed by atoms with van der Waals surface area (Å²) in [6.45, 7) is 4.49. The predicted octanol–water partition coefficient (Wildman–Crippen LogP) is 6.60. The Morgan fingerprint density at radius 1 is 0.444 bits per heavy atom. The molecular formula is C30H42O6.